The lowest BCUT2D eigenvalue weighted by molar-refractivity contribution is -0.138. The van der Waals surface area contributed by atoms with Crippen molar-refractivity contribution in [1.29, 1.82) is 0 Å². The van der Waals surface area contributed by atoms with Crippen LogP contribution in [0.5, 0.6) is 0 Å². The minimum absolute atomic E-state index is 0.0483. The van der Waals surface area contributed by atoms with Crippen molar-refractivity contribution >= 4 is 11.9 Å². The Morgan fingerprint density at radius 3 is 1.79 bits per heavy atom. The van der Waals surface area contributed by atoms with Crippen molar-refractivity contribution in [3.63, 3.8) is 0 Å². The van der Waals surface area contributed by atoms with E-state index in [2.05, 4.69) is 11.8 Å². The number of rotatable bonds is 12. The molecule has 112 valence electrons. The molecule has 19 heavy (non-hydrogen) atoms. The summed E-state index contributed by atoms with van der Waals surface area (Å²) < 4.78 is 0. The summed E-state index contributed by atoms with van der Waals surface area (Å²) in [6.07, 6.45) is 2.01. The first-order chi connectivity index (χ1) is 8.99. The van der Waals surface area contributed by atoms with Crippen LogP contribution in [0, 0.1) is 0 Å². The second-order valence-corrected chi connectivity index (χ2v) is 4.66. The van der Waals surface area contributed by atoms with E-state index in [1.54, 1.807) is 0 Å². The van der Waals surface area contributed by atoms with Crippen LogP contribution in [-0.2, 0) is 9.59 Å². The van der Waals surface area contributed by atoms with E-state index in [-0.39, 0.29) is 13.0 Å². The maximum absolute atomic E-state index is 10.7. The number of hydrogen-bond donors (Lipinski definition) is 2. The SMILES string of the molecule is CCCN(CCC(=O)O)CCN(CCC)CC(=O)O. The van der Waals surface area contributed by atoms with Gasteiger partial charge in [0.25, 0.3) is 0 Å². The molecule has 0 saturated heterocycles. The molecule has 0 atom stereocenters. The summed E-state index contributed by atoms with van der Waals surface area (Å²) in [7, 11) is 0. The molecule has 0 amide bonds. The topological polar surface area (TPSA) is 81.1 Å². The molecule has 0 bridgehead atoms. The fourth-order valence-electron chi connectivity index (χ4n) is 1.97. The van der Waals surface area contributed by atoms with E-state index in [4.69, 9.17) is 10.2 Å². The Bertz CT molecular complexity index is 271. The van der Waals surface area contributed by atoms with E-state index >= 15 is 0 Å². The molecule has 0 aromatic carbocycles. The van der Waals surface area contributed by atoms with Gasteiger partial charge in [0.05, 0.1) is 13.0 Å². The molecule has 2 N–H and O–H groups in total. The highest BCUT2D eigenvalue weighted by Crippen LogP contribution is 1.98. The summed E-state index contributed by atoms with van der Waals surface area (Å²) in [4.78, 5) is 25.3. The molecule has 0 radical (unpaired) electrons. The molecule has 6 nitrogen and oxygen atoms in total. The van der Waals surface area contributed by atoms with Crippen molar-refractivity contribution in [2.24, 2.45) is 0 Å². The second kappa shape index (κ2) is 10.8. The Kier molecular flexibility index (Phi) is 10.1. The van der Waals surface area contributed by atoms with Crippen LogP contribution in [-0.4, -0.2) is 71.2 Å². The lowest BCUT2D eigenvalue weighted by atomic mass is 10.3. The van der Waals surface area contributed by atoms with Crippen LogP contribution in [0.25, 0.3) is 0 Å². The quantitative estimate of drug-likeness (QED) is 0.552. The van der Waals surface area contributed by atoms with Crippen molar-refractivity contribution in [1.82, 2.24) is 9.80 Å². The summed E-state index contributed by atoms with van der Waals surface area (Å²) in [5.74, 6) is -1.61. The summed E-state index contributed by atoms with van der Waals surface area (Å²) in [5, 5.41) is 17.5. The van der Waals surface area contributed by atoms with Crippen molar-refractivity contribution in [2.75, 3.05) is 39.3 Å². The predicted molar refractivity (Wildman–Crippen MR) is 73.4 cm³/mol. The molecular weight excluding hydrogens is 248 g/mol. The normalized spacial score (nSPS) is 11.2. The first kappa shape index (κ1) is 17.9. The Balaban J connectivity index is 4.15. The zero-order chi connectivity index (χ0) is 14.7. The van der Waals surface area contributed by atoms with Crippen molar-refractivity contribution in [2.45, 2.75) is 33.1 Å². The van der Waals surface area contributed by atoms with Gasteiger partial charge in [0, 0.05) is 19.6 Å². The van der Waals surface area contributed by atoms with E-state index in [1.807, 2.05) is 11.8 Å². The van der Waals surface area contributed by atoms with Gasteiger partial charge >= 0.3 is 11.9 Å². The lowest BCUT2D eigenvalue weighted by Crippen LogP contribution is -2.39. The average molecular weight is 274 g/mol. The van der Waals surface area contributed by atoms with Crippen LogP contribution in [0.1, 0.15) is 33.1 Å². The van der Waals surface area contributed by atoms with Crippen LogP contribution in [0.2, 0.25) is 0 Å². The molecule has 0 heterocycles. The first-order valence-corrected chi connectivity index (χ1v) is 6.87. The third-order valence-electron chi connectivity index (χ3n) is 2.81. The summed E-state index contributed by atoms with van der Waals surface area (Å²) in [6.45, 7) is 7.63. The van der Waals surface area contributed by atoms with E-state index < -0.39 is 11.9 Å². The standard InChI is InChI=1S/C13H26N2O4/c1-3-6-14(8-5-12(16)17)9-10-15(7-4-2)11-13(18)19/h3-11H2,1-2H3,(H,16,17)(H,18,19). The molecule has 6 heteroatoms. The molecule has 0 spiro atoms. The molecule has 0 aromatic heterocycles. The number of nitrogens with zero attached hydrogens (tertiary/aromatic N) is 2. The fraction of sp³-hybridized carbons (Fsp3) is 0.846. The van der Waals surface area contributed by atoms with Crippen LogP contribution >= 0.6 is 0 Å². The Morgan fingerprint density at radius 1 is 0.789 bits per heavy atom. The van der Waals surface area contributed by atoms with E-state index in [9.17, 15) is 9.59 Å². The highest BCUT2D eigenvalue weighted by atomic mass is 16.4. The van der Waals surface area contributed by atoms with Crippen LogP contribution in [0.15, 0.2) is 0 Å². The van der Waals surface area contributed by atoms with Gasteiger partial charge in [-0.05, 0) is 25.9 Å². The summed E-state index contributed by atoms with van der Waals surface area (Å²) in [5.41, 5.74) is 0. The van der Waals surface area contributed by atoms with Gasteiger partial charge in [0.15, 0.2) is 0 Å². The molecule has 0 aromatic rings. The van der Waals surface area contributed by atoms with Gasteiger partial charge in [-0.15, -0.1) is 0 Å². The van der Waals surface area contributed by atoms with Gasteiger partial charge in [-0.3, -0.25) is 14.5 Å². The van der Waals surface area contributed by atoms with Crippen molar-refractivity contribution in [3.05, 3.63) is 0 Å². The summed E-state index contributed by atoms with van der Waals surface area (Å²) >= 11 is 0. The Hall–Kier alpha value is -1.14. The van der Waals surface area contributed by atoms with Crippen LogP contribution < -0.4 is 0 Å². The molecule has 0 unspecified atom stereocenters. The minimum atomic E-state index is -0.818. The largest absolute Gasteiger partial charge is 0.481 e. The fourth-order valence-corrected chi connectivity index (χ4v) is 1.97. The lowest BCUT2D eigenvalue weighted by Gasteiger charge is -2.25. The smallest absolute Gasteiger partial charge is 0.317 e. The van der Waals surface area contributed by atoms with Gasteiger partial charge < -0.3 is 15.1 Å². The first-order valence-electron chi connectivity index (χ1n) is 6.87. The van der Waals surface area contributed by atoms with Crippen LogP contribution in [0.4, 0.5) is 0 Å². The summed E-state index contributed by atoms with van der Waals surface area (Å²) in [6, 6.07) is 0. The van der Waals surface area contributed by atoms with Crippen LogP contribution in [0.3, 0.4) is 0 Å². The number of carboxylic acid groups (broad SMARTS) is 2. The third kappa shape index (κ3) is 10.5. The molecular formula is C13H26N2O4. The maximum Gasteiger partial charge on any atom is 0.317 e. The molecule has 0 aliphatic rings. The molecule has 0 aliphatic carbocycles. The zero-order valence-corrected chi connectivity index (χ0v) is 12.0. The second-order valence-electron chi connectivity index (χ2n) is 4.66. The zero-order valence-electron chi connectivity index (χ0n) is 12.0. The average Bonchev–Trinajstić information content (AvgIpc) is 2.32. The Labute approximate surface area is 115 Å². The number of carbonyl (C=O) groups is 2. The van der Waals surface area contributed by atoms with Crippen molar-refractivity contribution < 1.29 is 19.8 Å². The van der Waals surface area contributed by atoms with Gasteiger partial charge in [0.1, 0.15) is 0 Å². The number of hydrogen-bond acceptors (Lipinski definition) is 4. The molecule has 0 aliphatic heterocycles. The minimum Gasteiger partial charge on any atom is -0.481 e. The molecule has 0 fully saturated rings. The van der Waals surface area contributed by atoms with E-state index in [0.29, 0.717) is 19.6 Å². The predicted octanol–water partition coefficient (Wildman–Crippen LogP) is 0.970. The van der Waals surface area contributed by atoms with Gasteiger partial charge in [-0.2, -0.15) is 0 Å². The van der Waals surface area contributed by atoms with Gasteiger partial charge in [0.2, 0.25) is 0 Å². The number of carboxylic acids is 2. The van der Waals surface area contributed by atoms with Gasteiger partial charge in [-0.25, -0.2) is 0 Å². The van der Waals surface area contributed by atoms with E-state index in [0.717, 1.165) is 25.9 Å². The molecule has 0 saturated carbocycles. The highest BCUT2D eigenvalue weighted by molar-refractivity contribution is 5.69. The maximum atomic E-state index is 10.7. The Morgan fingerprint density at radius 2 is 1.32 bits per heavy atom. The van der Waals surface area contributed by atoms with Crippen molar-refractivity contribution in [3.8, 4) is 0 Å². The van der Waals surface area contributed by atoms with Gasteiger partial charge in [-0.1, -0.05) is 13.8 Å². The van der Waals surface area contributed by atoms with E-state index in [1.165, 1.54) is 0 Å². The monoisotopic (exact) mass is 274 g/mol. The third-order valence-corrected chi connectivity index (χ3v) is 2.81. The highest BCUT2D eigenvalue weighted by Gasteiger charge is 2.12. The number of aliphatic carboxylic acids is 2. The molecule has 0 rings (SSSR count).